The molecule has 1 aromatic carbocycles. The Kier molecular flexibility index (Phi) is 3.32. The number of primary sulfonamides is 1. The van der Waals surface area contributed by atoms with Gasteiger partial charge in [-0.05, 0) is 43.3 Å². The summed E-state index contributed by atoms with van der Waals surface area (Å²) in [5, 5.41) is 11.6. The van der Waals surface area contributed by atoms with Crippen molar-refractivity contribution >= 4 is 33.0 Å². The minimum Gasteiger partial charge on any atom is -0.360 e. The van der Waals surface area contributed by atoms with Crippen LogP contribution in [0.1, 0.15) is 12.8 Å². The number of nitrogens with two attached hydrogens (primary N) is 1. The molecule has 17 heavy (non-hydrogen) atoms. The van der Waals surface area contributed by atoms with Crippen LogP contribution in [0.25, 0.3) is 0 Å². The maximum Gasteiger partial charge on any atom is 0.238 e. The van der Waals surface area contributed by atoms with Crippen LogP contribution in [0.15, 0.2) is 29.2 Å². The van der Waals surface area contributed by atoms with Crippen molar-refractivity contribution < 1.29 is 8.42 Å². The second-order valence-electron chi connectivity index (χ2n) is 3.95. The lowest BCUT2D eigenvalue weighted by Gasteiger charge is -2.10. The molecule has 0 heterocycles. The first kappa shape index (κ1) is 12.3. The Hall–Kier alpha value is -1.18. The molecular formula is C10H13N3O2S2. The highest BCUT2D eigenvalue weighted by Gasteiger charge is 2.21. The summed E-state index contributed by atoms with van der Waals surface area (Å²) in [5.74, 6) is 0. The third-order valence-corrected chi connectivity index (χ3v) is 3.46. The van der Waals surface area contributed by atoms with Crippen LogP contribution >= 0.6 is 12.2 Å². The van der Waals surface area contributed by atoms with Crippen molar-refractivity contribution in [3.63, 3.8) is 0 Å². The second-order valence-corrected chi connectivity index (χ2v) is 5.92. The van der Waals surface area contributed by atoms with E-state index in [2.05, 4.69) is 10.6 Å². The fourth-order valence-electron chi connectivity index (χ4n) is 1.33. The normalized spacial score (nSPS) is 15.4. The van der Waals surface area contributed by atoms with Crippen molar-refractivity contribution in [3.05, 3.63) is 24.3 Å². The molecule has 2 rings (SSSR count). The van der Waals surface area contributed by atoms with Gasteiger partial charge < -0.3 is 10.6 Å². The molecule has 1 aliphatic rings. The molecule has 0 radical (unpaired) electrons. The average Bonchev–Trinajstić information content (AvgIpc) is 3.00. The summed E-state index contributed by atoms with van der Waals surface area (Å²) in [6.45, 7) is 0. The Balaban J connectivity index is 2.07. The predicted molar refractivity (Wildman–Crippen MR) is 70.2 cm³/mol. The van der Waals surface area contributed by atoms with E-state index in [9.17, 15) is 8.42 Å². The number of hydrogen-bond acceptors (Lipinski definition) is 3. The molecule has 0 spiro atoms. The van der Waals surface area contributed by atoms with Gasteiger partial charge in [0.1, 0.15) is 0 Å². The Morgan fingerprint density at radius 1 is 1.41 bits per heavy atom. The molecule has 0 saturated heterocycles. The van der Waals surface area contributed by atoms with E-state index in [1.807, 2.05) is 0 Å². The quantitative estimate of drug-likeness (QED) is 0.708. The number of benzene rings is 1. The first-order chi connectivity index (χ1) is 7.95. The first-order valence-electron chi connectivity index (χ1n) is 5.15. The SMILES string of the molecule is NS(=O)(=O)c1cccc(NC(=S)NC2CC2)c1. The highest BCUT2D eigenvalue weighted by atomic mass is 32.2. The fraction of sp³-hybridized carbons (Fsp3) is 0.300. The van der Waals surface area contributed by atoms with Crippen LogP contribution in [0.2, 0.25) is 0 Å². The molecule has 0 aromatic heterocycles. The van der Waals surface area contributed by atoms with Gasteiger partial charge in [-0.2, -0.15) is 0 Å². The van der Waals surface area contributed by atoms with Crippen LogP contribution in [0.3, 0.4) is 0 Å². The summed E-state index contributed by atoms with van der Waals surface area (Å²) < 4.78 is 22.3. The van der Waals surface area contributed by atoms with Crippen LogP contribution in [0.5, 0.6) is 0 Å². The Bertz CT molecular complexity index is 538. The zero-order valence-electron chi connectivity index (χ0n) is 9.01. The van der Waals surface area contributed by atoms with Crippen molar-refractivity contribution in [2.24, 2.45) is 5.14 Å². The minimum atomic E-state index is -3.68. The van der Waals surface area contributed by atoms with Gasteiger partial charge in [-0.3, -0.25) is 0 Å². The Morgan fingerprint density at radius 2 is 2.12 bits per heavy atom. The minimum absolute atomic E-state index is 0.0664. The van der Waals surface area contributed by atoms with Crippen LogP contribution < -0.4 is 15.8 Å². The van der Waals surface area contributed by atoms with Gasteiger partial charge in [0.05, 0.1) is 4.90 Å². The number of anilines is 1. The summed E-state index contributed by atoms with van der Waals surface area (Å²) in [4.78, 5) is 0.0664. The van der Waals surface area contributed by atoms with Crippen molar-refractivity contribution in [3.8, 4) is 0 Å². The molecule has 1 saturated carbocycles. The zero-order chi connectivity index (χ0) is 12.5. The summed E-state index contributed by atoms with van der Waals surface area (Å²) in [5.41, 5.74) is 0.606. The molecule has 7 heteroatoms. The highest BCUT2D eigenvalue weighted by Crippen LogP contribution is 2.19. The average molecular weight is 271 g/mol. The third kappa shape index (κ3) is 3.65. The topological polar surface area (TPSA) is 84.2 Å². The largest absolute Gasteiger partial charge is 0.360 e. The molecular weight excluding hydrogens is 258 g/mol. The van der Waals surface area contributed by atoms with Crippen LogP contribution in [0.4, 0.5) is 5.69 Å². The molecule has 0 amide bonds. The summed E-state index contributed by atoms with van der Waals surface area (Å²) in [7, 11) is -3.68. The summed E-state index contributed by atoms with van der Waals surface area (Å²) in [6.07, 6.45) is 2.25. The number of rotatable bonds is 3. The molecule has 5 nitrogen and oxygen atoms in total. The monoisotopic (exact) mass is 271 g/mol. The lowest BCUT2D eigenvalue weighted by molar-refractivity contribution is 0.598. The lowest BCUT2D eigenvalue weighted by atomic mass is 10.3. The third-order valence-electron chi connectivity index (χ3n) is 2.33. The standard InChI is InChI=1S/C10H13N3O2S2/c11-17(14,15)9-3-1-2-8(6-9)13-10(16)12-7-4-5-7/h1-3,6-7H,4-5H2,(H2,11,14,15)(H2,12,13,16). The molecule has 92 valence electrons. The smallest absolute Gasteiger partial charge is 0.238 e. The number of thiocarbonyl (C=S) groups is 1. The van der Waals surface area contributed by atoms with Gasteiger partial charge in [0.25, 0.3) is 0 Å². The van der Waals surface area contributed by atoms with E-state index >= 15 is 0 Å². The Labute approximate surface area is 105 Å². The van der Waals surface area contributed by atoms with E-state index in [1.54, 1.807) is 12.1 Å². The maximum atomic E-state index is 11.2. The first-order valence-corrected chi connectivity index (χ1v) is 7.11. The van der Waals surface area contributed by atoms with Gasteiger partial charge in [-0.25, -0.2) is 13.6 Å². The lowest BCUT2D eigenvalue weighted by Crippen LogP contribution is -2.30. The van der Waals surface area contributed by atoms with Gasteiger partial charge in [0, 0.05) is 11.7 Å². The van der Waals surface area contributed by atoms with Crippen molar-refractivity contribution in [2.75, 3.05) is 5.32 Å². The van der Waals surface area contributed by atoms with E-state index < -0.39 is 10.0 Å². The van der Waals surface area contributed by atoms with Crippen LogP contribution in [-0.4, -0.2) is 19.6 Å². The number of sulfonamides is 1. The fourth-order valence-corrected chi connectivity index (χ4v) is 2.18. The maximum absolute atomic E-state index is 11.2. The molecule has 4 N–H and O–H groups in total. The molecule has 1 fully saturated rings. The predicted octanol–water partition coefficient (Wildman–Crippen LogP) is 0.783. The van der Waals surface area contributed by atoms with Gasteiger partial charge in [-0.1, -0.05) is 6.07 Å². The van der Waals surface area contributed by atoms with Crippen LogP contribution in [-0.2, 0) is 10.0 Å². The van der Waals surface area contributed by atoms with E-state index in [0.717, 1.165) is 12.8 Å². The molecule has 0 unspecified atom stereocenters. The van der Waals surface area contributed by atoms with E-state index in [0.29, 0.717) is 16.8 Å². The van der Waals surface area contributed by atoms with E-state index in [-0.39, 0.29) is 4.90 Å². The zero-order valence-corrected chi connectivity index (χ0v) is 10.6. The second kappa shape index (κ2) is 4.59. The van der Waals surface area contributed by atoms with Crippen molar-refractivity contribution in [1.82, 2.24) is 5.32 Å². The summed E-state index contributed by atoms with van der Waals surface area (Å²) in [6, 6.07) is 6.70. The highest BCUT2D eigenvalue weighted by molar-refractivity contribution is 7.89. The van der Waals surface area contributed by atoms with Crippen LogP contribution in [0, 0.1) is 0 Å². The molecule has 1 aliphatic carbocycles. The Morgan fingerprint density at radius 3 is 2.71 bits per heavy atom. The molecule has 0 aliphatic heterocycles. The van der Waals surface area contributed by atoms with E-state index in [1.165, 1.54) is 12.1 Å². The number of nitrogens with one attached hydrogen (secondary N) is 2. The summed E-state index contributed by atoms with van der Waals surface area (Å²) >= 11 is 5.09. The van der Waals surface area contributed by atoms with Crippen molar-refractivity contribution in [2.45, 2.75) is 23.8 Å². The van der Waals surface area contributed by atoms with Gasteiger partial charge >= 0.3 is 0 Å². The van der Waals surface area contributed by atoms with E-state index in [4.69, 9.17) is 17.4 Å². The van der Waals surface area contributed by atoms with Gasteiger partial charge in [0.15, 0.2) is 5.11 Å². The molecule has 0 bridgehead atoms. The van der Waals surface area contributed by atoms with Crippen molar-refractivity contribution in [1.29, 1.82) is 0 Å². The molecule has 0 atom stereocenters. The van der Waals surface area contributed by atoms with Gasteiger partial charge in [0.2, 0.25) is 10.0 Å². The van der Waals surface area contributed by atoms with Gasteiger partial charge in [-0.15, -0.1) is 0 Å². The molecule has 1 aromatic rings. The number of hydrogen-bond donors (Lipinski definition) is 3.